The van der Waals surface area contributed by atoms with Gasteiger partial charge in [0.2, 0.25) is 0 Å². The van der Waals surface area contributed by atoms with Gasteiger partial charge in [-0.15, -0.1) is 0 Å². The molecule has 1 unspecified atom stereocenters. The highest BCUT2D eigenvalue weighted by molar-refractivity contribution is 6.23. The number of aryl methyl sites for hydroxylation is 2. The number of oxime groups is 1. The molecule has 0 heterocycles. The fourth-order valence-electron chi connectivity index (χ4n) is 4.52. The molecule has 0 amide bonds. The van der Waals surface area contributed by atoms with E-state index in [1.807, 2.05) is 33.8 Å². The Morgan fingerprint density at radius 2 is 1.89 bits per heavy atom. The van der Waals surface area contributed by atoms with Crippen LogP contribution in [0.5, 0.6) is 0 Å². The lowest BCUT2D eigenvalue weighted by molar-refractivity contribution is -0.116. The maximum Gasteiger partial charge on any atom is 0.168 e. The SMILES string of the molecule is CCON=C(CC)C1=C(O)CC(c2c(C)cc(C)c3c2CCC3=O)CC1=O. The van der Waals surface area contributed by atoms with Crippen molar-refractivity contribution in [3.05, 3.63) is 45.2 Å². The lowest BCUT2D eigenvalue weighted by atomic mass is 9.77. The molecule has 144 valence electrons. The molecular weight excluding hydrogens is 342 g/mol. The number of benzene rings is 1. The zero-order valence-electron chi connectivity index (χ0n) is 16.5. The summed E-state index contributed by atoms with van der Waals surface area (Å²) in [6, 6.07) is 2.03. The van der Waals surface area contributed by atoms with Gasteiger partial charge in [0, 0.05) is 24.8 Å². The molecule has 0 radical (unpaired) electrons. The fraction of sp³-hybridized carbons (Fsp3) is 0.500. The van der Waals surface area contributed by atoms with E-state index in [1.54, 1.807) is 0 Å². The molecule has 0 spiro atoms. The van der Waals surface area contributed by atoms with E-state index in [2.05, 4.69) is 5.16 Å². The average Bonchev–Trinajstić information content (AvgIpc) is 2.99. The lowest BCUT2D eigenvalue weighted by Gasteiger charge is -2.27. The molecule has 0 aromatic heterocycles. The Bertz CT molecular complexity index is 864. The first kappa shape index (κ1) is 19.3. The van der Waals surface area contributed by atoms with Gasteiger partial charge in [-0.2, -0.15) is 0 Å². The second-order valence-electron chi connectivity index (χ2n) is 7.36. The summed E-state index contributed by atoms with van der Waals surface area (Å²) < 4.78 is 0. The van der Waals surface area contributed by atoms with Crippen LogP contribution in [0.3, 0.4) is 0 Å². The molecule has 1 aromatic rings. The number of carbonyl (C=O) groups is 2. The van der Waals surface area contributed by atoms with Crippen molar-refractivity contribution in [2.75, 3.05) is 6.61 Å². The monoisotopic (exact) mass is 369 g/mol. The number of fused-ring (bicyclic) bond motifs is 1. The van der Waals surface area contributed by atoms with Crippen LogP contribution >= 0.6 is 0 Å². The van der Waals surface area contributed by atoms with Crippen molar-refractivity contribution >= 4 is 17.3 Å². The number of rotatable bonds is 5. The molecule has 0 aliphatic heterocycles. The maximum atomic E-state index is 12.9. The van der Waals surface area contributed by atoms with Crippen molar-refractivity contribution in [1.29, 1.82) is 0 Å². The lowest BCUT2D eigenvalue weighted by Crippen LogP contribution is -2.25. The van der Waals surface area contributed by atoms with E-state index in [9.17, 15) is 14.7 Å². The van der Waals surface area contributed by atoms with Crippen molar-refractivity contribution in [2.24, 2.45) is 5.16 Å². The molecule has 0 bridgehead atoms. The van der Waals surface area contributed by atoms with Gasteiger partial charge in [-0.1, -0.05) is 18.1 Å². The first-order valence-corrected chi connectivity index (χ1v) is 9.69. The molecule has 2 aliphatic carbocycles. The quantitative estimate of drug-likeness (QED) is 0.613. The highest BCUT2D eigenvalue weighted by Crippen LogP contribution is 2.41. The summed E-state index contributed by atoms with van der Waals surface area (Å²) in [6.07, 6.45) is 2.47. The Balaban J connectivity index is 2.02. The van der Waals surface area contributed by atoms with Gasteiger partial charge in [-0.05, 0) is 61.8 Å². The van der Waals surface area contributed by atoms with Crippen LogP contribution in [0.4, 0.5) is 0 Å². The van der Waals surface area contributed by atoms with Crippen LogP contribution in [-0.4, -0.2) is 29.0 Å². The number of ketones is 2. The Hall–Kier alpha value is -2.43. The Morgan fingerprint density at radius 1 is 1.15 bits per heavy atom. The normalized spacial score (nSPS) is 20.3. The van der Waals surface area contributed by atoms with Crippen LogP contribution in [-0.2, 0) is 16.1 Å². The number of hydrogen-bond acceptors (Lipinski definition) is 5. The molecule has 3 rings (SSSR count). The summed E-state index contributed by atoms with van der Waals surface area (Å²) in [5.41, 5.74) is 5.87. The average molecular weight is 369 g/mol. The minimum Gasteiger partial charge on any atom is -0.511 e. The molecule has 1 N–H and O–H groups in total. The number of allylic oxidation sites excluding steroid dienone is 2. The number of aliphatic hydroxyl groups excluding tert-OH is 1. The minimum atomic E-state index is -0.109. The van der Waals surface area contributed by atoms with Crippen molar-refractivity contribution < 1.29 is 19.5 Å². The van der Waals surface area contributed by atoms with Gasteiger partial charge >= 0.3 is 0 Å². The zero-order valence-corrected chi connectivity index (χ0v) is 16.5. The van der Waals surface area contributed by atoms with E-state index >= 15 is 0 Å². The van der Waals surface area contributed by atoms with Crippen molar-refractivity contribution in [1.82, 2.24) is 0 Å². The van der Waals surface area contributed by atoms with Crippen LogP contribution in [0, 0.1) is 13.8 Å². The molecule has 0 saturated carbocycles. The molecule has 1 aromatic carbocycles. The molecule has 2 aliphatic rings. The Morgan fingerprint density at radius 3 is 2.52 bits per heavy atom. The molecule has 0 saturated heterocycles. The zero-order chi connectivity index (χ0) is 19.7. The predicted octanol–water partition coefficient (Wildman–Crippen LogP) is 4.49. The predicted molar refractivity (Wildman–Crippen MR) is 105 cm³/mol. The number of nitrogens with zero attached hydrogens (tertiary/aromatic N) is 1. The van der Waals surface area contributed by atoms with Gasteiger partial charge in [0.15, 0.2) is 11.6 Å². The molecule has 1 atom stereocenters. The van der Waals surface area contributed by atoms with E-state index in [0.29, 0.717) is 43.6 Å². The second-order valence-corrected chi connectivity index (χ2v) is 7.36. The number of aliphatic hydroxyl groups is 1. The number of carbonyl (C=O) groups excluding carboxylic acids is 2. The van der Waals surface area contributed by atoms with Crippen LogP contribution in [0.15, 0.2) is 22.6 Å². The number of hydrogen-bond donors (Lipinski definition) is 1. The second kappa shape index (κ2) is 7.67. The van der Waals surface area contributed by atoms with E-state index in [1.165, 1.54) is 0 Å². The van der Waals surface area contributed by atoms with Crippen LogP contribution in [0.25, 0.3) is 0 Å². The summed E-state index contributed by atoms with van der Waals surface area (Å²) in [5, 5.41) is 14.7. The van der Waals surface area contributed by atoms with Gasteiger partial charge in [-0.3, -0.25) is 9.59 Å². The van der Waals surface area contributed by atoms with E-state index in [-0.39, 0.29) is 23.2 Å². The van der Waals surface area contributed by atoms with Crippen LogP contribution in [0.1, 0.15) is 78.1 Å². The topological polar surface area (TPSA) is 76.0 Å². The third-order valence-electron chi connectivity index (χ3n) is 5.53. The third kappa shape index (κ3) is 3.43. The Kier molecular flexibility index (Phi) is 5.49. The van der Waals surface area contributed by atoms with E-state index in [4.69, 9.17) is 4.84 Å². The van der Waals surface area contributed by atoms with Gasteiger partial charge in [-0.25, -0.2) is 0 Å². The highest BCUT2D eigenvalue weighted by Gasteiger charge is 2.35. The van der Waals surface area contributed by atoms with Gasteiger partial charge < -0.3 is 9.94 Å². The highest BCUT2D eigenvalue weighted by atomic mass is 16.6. The summed E-state index contributed by atoms with van der Waals surface area (Å²) in [4.78, 5) is 30.3. The minimum absolute atomic E-state index is 0.0783. The van der Waals surface area contributed by atoms with E-state index < -0.39 is 0 Å². The molecule has 0 fully saturated rings. The van der Waals surface area contributed by atoms with Gasteiger partial charge in [0.1, 0.15) is 12.4 Å². The van der Waals surface area contributed by atoms with Gasteiger partial charge in [0.25, 0.3) is 0 Å². The van der Waals surface area contributed by atoms with Crippen molar-refractivity contribution in [2.45, 2.75) is 65.7 Å². The Labute approximate surface area is 160 Å². The molecular formula is C22H27NO4. The molecule has 5 nitrogen and oxygen atoms in total. The summed E-state index contributed by atoms with van der Waals surface area (Å²) in [6.45, 7) is 8.13. The third-order valence-corrected chi connectivity index (χ3v) is 5.53. The standard InChI is InChI=1S/C22H27NO4/c1-5-16(23-27-6-2)22-18(25)10-14(11-19(22)26)20-12(3)9-13(4)21-15(20)7-8-17(21)24/h9,14,25H,5-8,10-11H2,1-4H3. The smallest absolute Gasteiger partial charge is 0.168 e. The summed E-state index contributed by atoms with van der Waals surface area (Å²) in [7, 11) is 0. The van der Waals surface area contributed by atoms with Crippen molar-refractivity contribution in [3.63, 3.8) is 0 Å². The summed E-state index contributed by atoms with van der Waals surface area (Å²) >= 11 is 0. The molecule has 27 heavy (non-hydrogen) atoms. The summed E-state index contributed by atoms with van der Waals surface area (Å²) in [5.74, 6) is 0.0480. The van der Waals surface area contributed by atoms with E-state index in [0.717, 1.165) is 34.2 Å². The van der Waals surface area contributed by atoms with Crippen LogP contribution in [0.2, 0.25) is 0 Å². The molecule has 5 heteroatoms. The largest absolute Gasteiger partial charge is 0.511 e. The van der Waals surface area contributed by atoms with Gasteiger partial charge in [0.05, 0.1) is 11.3 Å². The first-order chi connectivity index (χ1) is 12.9. The maximum absolute atomic E-state index is 12.9. The number of Topliss-reactive ketones (excluding diaryl/α,β-unsaturated/α-hetero) is 2. The fourth-order valence-corrected chi connectivity index (χ4v) is 4.52. The first-order valence-electron chi connectivity index (χ1n) is 9.69. The van der Waals surface area contributed by atoms with Crippen molar-refractivity contribution in [3.8, 4) is 0 Å². The van der Waals surface area contributed by atoms with Crippen LogP contribution < -0.4 is 0 Å².